The van der Waals surface area contributed by atoms with Gasteiger partial charge in [0.05, 0.1) is 0 Å². The Kier molecular flexibility index (Phi) is 6.00. The van der Waals surface area contributed by atoms with Gasteiger partial charge in [-0.15, -0.1) is 0 Å². The fraction of sp³-hybridized carbons (Fsp3) is 0.104. The summed E-state index contributed by atoms with van der Waals surface area (Å²) in [6.07, 6.45) is 14.4. The summed E-state index contributed by atoms with van der Waals surface area (Å²) in [4.78, 5) is 15.7. The van der Waals surface area contributed by atoms with E-state index in [0.717, 1.165) is 79.0 Å². The van der Waals surface area contributed by atoms with Crippen molar-refractivity contribution in [3.05, 3.63) is 150 Å². The summed E-state index contributed by atoms with van der Waals surface area (Å²) in [6, 6.07) is 38.0. The number of fused-ring (bicyclic) bond motifs is 10. The molecule has 0 N–H and O–H groups in total. The number of hydrogen-bond acceptors (Lipinski definition) is 5. The quantitative estimate of drug-likeness (QED) is 0.185. The van der Waals surface area contributed by atoms with Crippen LogP contribution in [0.15, 0.2) is 142 Å². The molecule has 5 nitrogen and oxygen atoms in total. The van der Waals surface area contributed by atoms with Gasteiger partial charge in [-0.05, 0) is 95.0 Å². The Morgan fingerprint density at radius 1 is 0.604 bits per heavy atom. The van der Waals surface area contributed by atoms with Crippen LogP contribution < -0.4 is 0 Å². The van der Waals surface area contributed by atoms with E-state index in [9.17, 15) is 0 Å². The molecule has 53 heavy (non-hydrogen) atoms. The van der Waals surface area contributed by atoms with Gasteiger partial charge < -0.3 is 8.83 Å². The third kappa shape index (κ3) is 4.47. The first kappa shape index (κ1) is 29.0. The summed E-state index contributed by atoms with van der Waals surface area (Å²) in [5, 5.41) is 6.77. The van der Waals surface area contributed by atoms with E-state index in [-0.39, 0.29) is 0 Å². The topological polar surface area (TPSA) is 65.0 Å². The highest BCUT2D eigenvalue weighted by molar-refractivity contribution is 6.13. The van der Waals surface area contributed by atoms with Gasteiger partial charge in [-0.1, -0.05) is 103 Å². The van der Waals surface area contributed by atoms with Crippen LogP contribution in [0.25, 0.3) is 100 Å². The van der Waals surface area contributed by atoms with Crippen molar-refractivity contribution in [3.63, 3.8) is 0 Å². The summed E-state index contributed by atoms with van der Waals surface area (Å²) in [5.74, 6) is 3.10. The Balaban J connectivity index is 1.12. The van der Waals surface area contributed by atoms with Crippen molar-refractivity contribution in [3.8, 4) is 34.2 Å². The summed E-state index contributed by atoms with van der Waals surface area (Å²) >= 11 is 0. The van der Waals surface area contributed by atoms with Crippen LogP contribution in [0, 0.1) is 11.8 Å². The largest absolute Gasteiger partial charge is 0.456 e. The van der Waals surface area contributed by atoms with Gasteiger partial charge >= 0.3 is 0 Å². The van der Waals surface area contributed by atoms with Gasteiger partial charge in [0.2, 0.25) is 0 Å². The second-order valence-corrected chi connectivity index (χ2v) is 14.6. The van der Waals surface area contributed by atoms with Gasteiger partial charge in [0.15, 0.2) is 17.5 Å². The van der Waals surface area contributed by atoms with E-state index >= 15 is 0 Å². The monoisotopic (exact) mass is 681 g/mol. The van der Waals surface area contributed by atoms with Crippen LogP contribution in [0.3, 0.4) is 0 Å². The first-order valence-electron chi connectivity index (χ1n) is 18.5. The Hall–Kier alpha value is -6.59. The molecule has 250 valence electrons. The van der Waals surface area contributed by atoms with Gasteiger partial charge in [0.25, 0.3) is 0 Å². The zero-order valence-corrected chi connectivity index (χ0v) is 28.7. The third-order valence-electron chi connectivity index (χ3n) is 11.5. The summed E-state index contributed by atoms with van der Waals surface area (Å²) < 4.78 is 13.1. The lowest BCUT2D eigenvalue weighted by atomic mass is 9.88. The minimum atomic E-state index is 0.579. The van der Waals surface area contributed by atoms with Crippen LogP contribution in [0.2, 0.25) is 0 Å². The van der Waals surface area contributed by atoms with Crippen LogP contribution in [0.1, 0.15) is 29.5 Å². The molecule has 2 unspecified atom stereocenters. The molecule has 3 heterocycles. The molecule has 1 fully saturated rings. The normalized spacial score (nSPS) is 17.5. The van der Waals surface area contributed by atoms with E-state index in [2.05, 4.69) is 121 Å². The highest BCUT2D eigenvalue weighted by atomic mass is 16.3. The maximum absolute atomic E-state index is 6.77. The zero-order chi connectivity index (χ0) is 34.6. The zero-order valence-electron chi connectivity index (χ0n) is 28.7. The SMILES string of the molecule is C1=CC2CC2C(c2cccc3oc4c5c(c(-c6nc(-c7ccc8ccccc8c7)nc(-c7ccc8c(c7)oc7ccccc78)n6)cc4c23)C=CCC5)=C1. The van der Waals surface area contributed by atoms with Crippen LogP contribution >= 0.6 is 0 Å². The second kappa shape index (κ2) is 11.0. The van der Waals surface area contributed by atoms with Crippen molar-refractivity contribution in [2.24, 2.45) is 11.8 Å². The number of benzene rings is 6. The molecule has 2 atom stereocenters. The van der Waals surface area contributed by atoms with Crippen LogP contribution in [-0.2, 0) is 6.42 Å². The summed E-state index contributed by atoms with van der Waals surface area (Å²) in [5.41, 5.74) is 11.4. The lowest BCUT2D eigenvalue weighted by molar-refractivity contribution is 0.661. The average molecular weight is 682 g/mol. The number of para-hydroxylation sites is 1. The molecular weight excluding hydrogens is 651 g/mol. The Morgan fingerprint density at radius 2 is 1.40 bits per heavy atom. The molecule has 0 radical (unpaired) electrons. The number of nitrogens with zero attached hydrogens (tertiary/aromatic N) is 3. The highest BCUT2D eigenvalue weighted by Gasteiger charge is 2.40. The molecule has 9 aromatic rings. The number of aromatic nitrogens is 3. The molecule has 3 aliphatic carbocycles. The van der Waals surface area contributed by atoms with Gasteiger partial charge in [-0.3, -0.25) is 0 Å². The number of allylic oxidation sites excluding steroid dienone is 5. The van der Waals surface area contributed by atoms with Gasteiger partial charge in [0, 0.05) is 43.8 Å². The summed E-state index contributed by atoms with van der Waals surface area (Å²) in [7, 11) is 0. The van der Waals surface area contributed by atoms with Crippen LogP contribution in [-0.4, -0.2) is 15.0 Å². The first-order chi connectivity index (χ1) is 26.2. The third-order valence-corrected chi connectivity index (χ3v) is 11.5. The maximum Gasteiger partial charge on any atom is 0.164 e. The van der Waals surface area contributed by atoms with Crippen molar-refractivity contribution in [2.75, 3.05) is 0 Å². The predicted molar refractivity (Wildman–Crippen MR) is 214 cm³/mol. The fourth-order valence-electron chi connectivity index (χ4n) is 8.78. The van der Waals surface area contributed by atoms with Crippen molar-refractivity contribution in [1.82, 2.24) is 15.0 Å². The highest BCUT2D eigenvalue weighted by Crippen LogP contribution is 2.53. The van der Waals surface area contributed by atoms with E-state index in [0.29, 0.717) is 29.3 Å². The van der Waals surface area contributed by atoms with Crippen molar-refractivity contribution < 1.29 is 8.83 Å². The predicted octanol–water partition coefficient (Wildman–Crippen LogP) is 12.4. The Bertz CT molecular complexity index is 3120. The van der Waals surface area contributed by atoms with E-state index in [1.807, 2.05) is 18.2 Å². The van der Waals surface area contributed by atoms with Gasteiger partial charge in [0.1, 0.15) is 22.3 Å². The van der Waals surface area contributed by atoms with E-state index in [1.165, 1.54) is 33.9 Å². The molecule has 5 heteroatoms. The standard InChI is InChI=1S/C48H31N3O2/c1-2-10-28-23-30(20-19-27(28)9-1)46-49-47(31-21-22-35-34-13-5-6-17-41(34)52-43(35)25-31)51-48(50-46)39-26-40-44-36(32-15-7-11-29-24-38(29)32)16-8-18-42(44)53-45(40)37-14-4-3-12-33(37)39/h1-3,5-13,15-23,25-26,29,38H,4,14,24H2. The summed E-state index contributed by atoms with van der Waals surface area (Å²) in [6.45, 7) is 0. The first-order valence-corrected chi connectivity index (χ1v) is 18.5. The molecule has 0 amide bonds. The van der Waals surface area contributed by atoms with Gasteiger partial charge in [-0.2, -0.15) is 0 Å². The average Bonchev–Trinajstić information content (AvgIpc) is 3.79. The van der Waals surface area contributed by atoms with Gasteiger partial charge in [-0.25, -0.2) is 15.0 Å². The minimum Gasteiger partial charge on any atom is -0.456 e. The van der Waals surface area contributed by atoms with Crippen molar-refractivity contribution in [1.29, 1.82) is 0 Å². The van der Waals surface area contributed by atoms with Crippen molar-refractivity contribution in [2.45, 2.75) is 19.3 Å². The molecule has 0 saturated heterocycles. The lowest BCUT2D eigenvalue weighted by Crippen LogP contribution is -2.04. The number of hydrogen-bond donors (Lipinski definition) is 0. The molecular formula is C48H31N3O2. The second-order valence-electron chi connectivity index (χ2n) is 14.6. The van der Waals surface area contributed by atoms with E-state index in [4.69, 9.17) is 23.8 Å². The molecule has 3 aromatic heterocycles. The molecule has 0 spiro atoms. The molecule has 12 rings (SSSR count). The maximum atomic E-state index is 6.77. The molecule has 0 bridgehead atoms. The number of aryl methyl sites for hydroxylation is 1. The molecule has 0 aliphatic heterocycles. The van der Waals surface area contributed by atoms with Crippen LogP contribution in [0.4, 0.5) is 0 Å². The van der Waals surface area contributed by atoms with Crippen molar-refractivity contribution >= 4 is 66.3 Å². The lowest BCUT2D eigenvalue weighted by Gasteiger charge is -2.17. The minimum absolute atomic E-state index is 0.579. The fourth-order valence-corrected chi connectivity index (χ4v) is 8.78. The molecule has 6 aromatic carbocycles. The Labute approximate surface area is 304 Å². The molecule has 3 aliphatic rings. The number of furan rings is 2. The Morgan fingerprint density at radius 3 is 2.34 bits per heavy atom. The van der Waals surface area contributed by atoms with E-state index < -0.39 is 0 Å². The van der Waals surface area contributed by atoms with Crippen LogP contribution in [0.5, 0.6) is 0 Å². The molecule has 1 saturated carbocycles. The van der Waals surface area contributed by atoms with E-state index in [1.54, 1.807) is 0 Å². The smallest absolute Gasteiger partial charge is 0.164 e. The number of rotatable bonds is 4.